The summed E-state index contributed by atoms with van der Waals surface area (Å²) in [6.45, 7) is 11.7. The van der Waals surface area contributed by atoms with E-state index in [1.54, 1.807) is 31.2 Å². The lowest BCUT2D eigenvalue weighted by Crippen LogP contribution is -2.52. The molecule has 1 N–H and O–H groups in total. The first-order valence-corrected chi connectivity index (χ1v) is 10.2. The lowest BCUT2D eigenvalue weighted by molar-refractivity contribution is -0.150. The van der Waals surface area contributed by atoms with E-state index in [-0.39, 0.29) is 5.92 Å². The number of nitrogens with zero attached hydrogens (tertiary/aromatic N) is 1. The van der Waals surface area contributed by atoms with Crippen LogP contribution in [0.25, 0.3) is 6.08 Å². The maximum absolute atomic E-state index is 12.3. The molecule has 7 nitrogen and oxygen atoms in total. The molecule has 0 aliphatic carbocycles. The lowest BCUT2D eigenvalue weighted by atomic mass is 9.90. The Labute approximate surface area is 179 Å². The van der Waals surface area contributed by atoms with Gasteiger partial charge >= 0.3 is 5.97 Å². The number of nitriles is 1. The average Bonchev–Trinajstić information content (AvgIpc) is 2.71. The quantitative estimate of drug-likeness (QED) is 0.434. The molecule has 0 aliphatic heterocycles. The Morgan fingerprint density at radius 1 is 1.20 bits per heavy atom. The van der Waals surface area contributed by atoms with E-state index in [1.165, 1.54) is 13.0 Å². The molecule has 30 heavy (non-hydrogen) atoms. The van der Waals surface area contributed by atoms with Gasteiger partial charge in [0.2, 0.25) is 0 Å². The third-order valence-electron chi connectivity index (χ3n) is 4.57. The Hall–Kier alpha value is -3.01. The summed E-state index contributed by atoms with van der Waals surface area (Å²) in [5.41, 5.74) is -0.307. The predicted octanol–water partition coefficient (Wildman–Crippen LogP) is 3.87. The second-order valence-electron chi connectivity index (χ2n) is 7.36. The van der Waals surface area contributed by atoms with Crippen molar-refractivity contribution in [1.29, 1.82) is 5.26 Å². The highest BCUT2D eigenvalue weighted by Gasteiger charge is 2.32. The number of amides is 1. The van der Waals surface area contributed by atoms with Crippen LogP contribution in [0.1, 0.15) is 53.5 Å². The molecule has 1 aromatic carbocycles. The number of ether oxygens (including phenoxy) is 3. The zero-order valence-electron chi connectivity index (χ0n) is 18.7. The van der Waals surface area contributed by atoms with Crippen LogP contribution in [0, 0.1) is 17.2 Å². The van der Waals surface area contributed by atoms with Gasteiger partial charge in [-0.2, -0.15) is 5.26 Å². The molecule has 0 spiro atoms. The van der Waals surface area contributed by atoms with Crippen LogP contribution < -0.4 is 14.8 Å². The topological polar surface area (TPSA) is 97.6 Å². The van der Waals surface area contributed by atoms with Crippen LogP contribution in [0.3, 0.4) is 0 Å². The summed E-state index contributed by atoms with van der Waals surface area (Å²) in [5, 5.41) is 11.9. The Balaban J connectivity index is 2.77. The first-order valence-electron chi connectivity index (χ1n) is 10.2. The van der Waals surface area contributed by atoms with Gasteiger partial charge in [0.05, 0.1) is 19.3 Å². The van der Waals surface area contributed by atoms with Gasteiger partial charge in [-0.1, -0.05) is 26.8 Å². The third-order valence-corrected chi connectivity index (χ3v) is 4.57. The second kappa shape index (κ2) is 11.9. The number of benzene rings is 1. The fourth-order valence-corrected chi connectivity index (χ4v) is 2.32. The van der Waals surface area contributed by atoms with Crippen molar-refractivity contribution in [3.63, 3.8) is 0 Å². The number of hydrogen-bond acceptors (Lipinski definition) is 6. The van der Waals surface area contributed by atoms with E-state index in [9.17, 15) is 14.9 Å². The summed E-state index contributed by atoms with van der Waals surface area (Å²) in [6, 6.07) is 7.45. The predicted molar refractivity (Wildman–Crippen MR) is 115 cm³/mol. The van der Waals surface area contributed by atoms with Crippen LogP contribution in [0.4, 0.5) is 0 Å². The fraction of sp³-hybridized carbons (Fsp3) is 0.522. The highest BCUT2D eigenvalue weighted by atomic mass is 16.5. The molecule has 0 aromatic heterocycles. The monoisotopic (exact) mass is 416 g/mol. The largest absolute Gasteiger partial charge is 0.490 e. The fourth-order valence-electron chi connectivity index (χ4n) is 2.32. The summed E-state index contributed by atoms with van der Waals surface area (Å²) in [6.07, 6.45) is 2.67. The van der Waals surface area contributed by atoms with Crippen LogP contribution in [-0.4, -0.2) is 36.7 Å². The van der Waals surface area contributed by atoms with Crippen LogP contribution in [-0.2, 0) is 14.3 Å². The zero-order valence-corrected chi connectivity index (χ0v) is 18.7. The van der Waals surface area contributed by atoms with Crippen molar-refractivity contribution in [3.05, 3.63) is 29.8 Å². The molecule has 1 amide bonds. The molecular formula is C23H32N2O5. The summed E-state index contributed by atoms with van der Waals surface area (Å²) >= 11 is 0. The molecule has 1 rings (SSSR count). The van der Waals surface area contributed by atoms with Gasteiger partial charge in [0, 0.05) is 6.08 Å². The first kappa shape index (κ1) is 25.0. The highest BCUT2D eigenvalue weighted by molar-refractivity contribution is 5.90. The summed E-state index contributed by atoms with van der Waals surface area (Å²) in [4.78, 5) is 24.4. The molecule has 0 saturated carbocycles. The number of carbonyl (C=O) groups is 2. The van der Waals surface area contributed by atoms with Gasteiger partial charge in [-0.05, 0) is 56.9 Å². The van der Waals surface area contributed by atoms with Crippen LogP contribution in [0.2, 0.25) is 0 Å². The molecule has 2 atom stereocenters. The minimum atomic E-state index is -1.04. The van der Waals surface area contributed by atoms with Gasteiger partial charge in [0.25, 0.3) is 5.91 Å². The average molecular weight is 417 g/mol. The van der Waals surface area contributed by atoms with Crippen molar-refractivity contribution >= 4 is 18.0 Å². The van der Waals surface area contributed by atoms with Gasteiger partial charge < -0.3 is 19.5 Å². The lowest BCUT2D eigenvalue weighted by Gasteiger charge is -2.28. The number of nitrogens with one attached hydrogen (secondary N) is 1. The molecule has 1 aromatic rings. The SMILES string of the molecule is CCCOc1ccc(/C=C/C(=O)OC(C)C(=O)NC(C)(C#N)C(C)C)cc1OCC. The summed E-state index contributed by atoms with van der Waals surface area (Å²) in [7, 11) is 0. The van der Waals surface area contributed by atoms with Crippen molar-refractivity contribution in [2.24, 2.45) is 5.92 Å². The molecule has 0 radical (unpaired) electrons. The van der Waals surface area contributed by atoms with Crippen LogP contribution in [0.5, 0.6) is 11.5 Å². The molecule has 0 bridgehead atoms. The number of carbonyl (C=O) groups excluding carboxylic acids is 2. The van der Waals surface area contributed by atoms with Gasteiger partial charge in [-0.3, -0.25) is 4.79 Å². The molecule has 2 unspecified atom stereocenters. The Kier molecular flexibility index (Phi) is 9.90. The number of hydrogen-bond donors (Lipinski definition) is 1. The van der Waals surface area contributed by atoms with Crippen LogP contribution >= 0.6 is 0 Å². The van der Waals surface area contributed by atoms with Crippen LogP contribution in [0.15, 0.2) is 24.3 Å². The van der Waals surface area contributed by atoms with E-state index < -0.39 is 23.5 Å². The van der Waals surface area contributed by atoms with E-state index in [0.29, 0.717) is 24.7 Å². The molecule has 0 fully saturated rings. The molecule has 164 valence electrons. The standard InChI is InChI=1S/C23H32N2O5/c1-7-13-29-19-11-9-18(14-20(19)28-8-2)10-12-21(26)30-17(5)22(27)25-23(6,15-24)16(3)4/h9-12,14,16-17H,7-8,13H2,1-6H3,(H,25,27)/b12-10+. The van der Waals surface area contributed by atoms with E-state index in [4.69, 9.17) is 14.2 Å². The molecule has 0 saturated heterocycles. The van der Waals surface area contributed by atoms with Gasteiger partial charge in [-0.25, -0.2) is 4.79 Å². The summed E-state index contributed by atoms with van der Waals surface area (Å²) in [5.74, 6) is -0.0400. The maximum Gasteiger partial charge on any atom is 0.331 e. The normalized spacial score (nSPS) is 13.9. The molecule has 0 aliphatic rings. The van der Waals surface area contributed by atoms with Crippen molar-refractivity contribution in [2.45, 2.75) is 59.6 Å². The van der Waals surface area contributed by atoms with Gasteiger partial charge in [0.1, 0.15) is 5.54 Å². The van der Waals surface area contributed by atoms with Gasteiger partial charge in [0.15, 0.2) is 17.6 Å². The minimum absolute atomic E-state index is 0.0990. The third kappa shape index (κ3) is 7.43. The van der Waals surface area contributed by atoms with Gasteiger partial charge in [-0.15, -0.1) is 0 Å². The molecule has 0 heterocycles. The van der Waals surface area contributed by atoms with Crippen molar-refractivity contribution in [2.75, 3.05) is 13.2 Å². The molecule has 7 heteroatoms. The maximum atomic E-state index is 12.3. The minimum Gasteiger partial charge on any atom is -0.490 e. The Bertz CT molecular complexity index is 797. The Morgan fingerprint density at radius 2 is 1.90 bits per heavy atom. The van der Waals surface area contributed by atoms with Crippen molar-refractivity contribution in [1.82, 2.24) is 5.32 Å². The first-order chi connectivity index (χ1) is 14.2. The van der Waals surface area contributed by atoms with E-state index in [1.807, 2.05) is 27.7 Å². The molecular weight excluding hydrogens is 384 g/mol. The van der Waals surface area contributed by atoms with E-state index in [0.717, 1.165) is 12.0 Å². The number of rotatable bonds is 11. The zero-order chi connectivity index (χ0) is 22.7. The smallest absolute Gasteiger partial charge is 0.331 e. The second-order valence-corrected chi connectivity index (χ2v) is 7.36. The van der Waals surface area contributed by atoms with Crippen molar-refractivity contribution < 1.29 is 23.8 Å². The Morgan fingerprint density at radius 3 is 2.47 bits per heavy atom. The highest BCUT2D eigenvalue weighted by Crippen LogP contribution is 2.29. The van der Waals surface area contributed by atoms with E-state index in [2.05, 4.69) is 11.4 Å². The number of esters is 1. The van der Waals surface area contributed by atoms with Crippen molar-refractivity contribution in [3.8, 4) is 17.6 Å². The van der Waals surface area contributed by atoms with E-state index >= 15 is 0 Å². The summed E-state index contributed by atoms with van der Waals surface area (Å²) < 4.78 is 16.4.